The Morgan fingerprint density at radius 3 is 2.96 bits per heavy atom. The van der Waals surface area contributed by atoms with E-state index in [1.165, 1.54) is 7.11 Å². The highest BCUT2D eigenvalue weighted by atomic mass is 32.2. The Morgan fingerprint density at radius 1 is 1.48 bits per heavy atom. The molecule has 0 spiro atoms. The Labute approximate surface area is 166 Å². The van der Waals surface area contributed by atoms with E-state index in [4.69, 9.17) is 17.0 Å². The molecule has 9 heteroatoms. The van der Waals surface area contributed by atoms with Gasteiger partial charge in [-0.05, 0) is 37.4 Å². The predicted molar refractivity (Wildman–Crippen MR) is 107 cm³/mol. The second-order valence-electron chi connectivity index (χ2n) is 6.55. The summed E-state index contributed by atoms with van der Waals surface area (Å²) in [5, 5.41) is 9.97. The highest BCUT2D eigenvalue weighted by molar-refractivity contribution is 7.99. The summed E-state index contributed by atoms with van der Waals surface area (Å²) in [7, 11) is 1.35. The van der Waals surface area contributed by atoms with Crippen LogP contribution in [-0.4, -0.2) is 50.8 Å². The van der Waals surface area contributed by atoms with Gasteiger partial charge in [-0.15, -0.1) is 0 Å². The number of amides is 1. The molecule has 1 saturated heterocycles. The van der Waals surface area contributed by atoms with Crippen LogP contribution in [0.4, 0.5) is 0 Å². The van der Waals surface area contributed by atoms with Gasteiger partial charge in [0.25, 0.3) is 0 Å². The van der Waals surface area contributed by atoms with Gasteiger partial charge in [0.15, 0.2) is 10.6 Å². The van der Waals surface area contributed by atoms with E-state index >= 15 is 0 Å². The van der Waals surface area contributed by atoms with Crippen molar-refractivity contribution in [2.75, 3.05) is 18.6 Å². The molecule has 144 valence electrons. The van der Waals surface area contributed by atoms with Gasteiger partial charge in [-0.3, -0.25) is 14.5 Å². The number of benzene rings is 1. The van der Waals surface area contributed by atoms with E-state index in [1.807, 2.05) is 31.2 Å². The van der Waals surface area contributed by atoms with Gasteiger partial charge in [-0.25, -0.2) is 4.79 Å². The molecule has 1 aliphatic heterocycles. The van der Waals surface area contributed by atoms with Crippen molar-refractivity contribution in [1.29, 1.82) is 0 Å². The lowest BCUT2D eigenvalue weighted by Gasteiger charge is -2.26. The third kappa shape index (κ3) is 4.24. The van der Waals surface area contributed by atoms with Crippen LogP contribution in [-0.2, 0) is 20.9 Å². The molecular weight excluding hydrogens is 384 g/mol. The van der Waals surface area contributed by atoms with Crippen molar-refractivity contribution < 1.29 is 14.3 Å². The van der Waals surface area contributed by atoms with Crippen molar-refractivity contribution in [2.24, 2.45) is 0 Å². The number of H-pyrrole nitrogens is 1. The van der Waals surface area contributed by atoms with E-state index in [0.29, 0.717) is 29.3 Å². The van der Waals surface area contributed by atoms with Crippen LogP contribution < -0.4 is 5.32 Å². The molecule has 2 N–H and O–H groups in total. The van der Waals surface area contributed by atoms with E-state index in [2.05, 4.69) is 15.5 Å². The molecule has 0 radical (unpaired) electrons. The first kappa shape index (κ1) is 19.6. The summed E-state index contributed by atoms with van der Waals surface area (Å²) < 4.78 is 7.15. The zero-order valence-corrected chi connectivity index (χ0v) is 16.9. The van der Waals surface area contributed by atoms with Gasteiger partial charge >= 0.3 is 5.97 Å². The third-order valence-corrected chi connectivity index (χ3v) is 6.07. The van der Waals surface area contributed by atoms with Gasteiger partial charge in [-0.2, -0.15) is 16.9 Å². The van der Waals surface area contributed by atoms with Crippen molar-refractivity contribution in [1.82, 2.24) is 20.1 Å². The summed E-state index contributed by atoms with van der Waals surface area (Å²) in [6, 6.07) is 7.94. The Morgan fingerprint density at radius 2 is 2.30 bits per heavy atom. The zero-order chi connectivity index (χ0) is 19.4. The smallest absolute Gasteiger partial charge is 0.332 e. The lowest BCUT2D eigenvalue weighted by atomic mass is 9.99. The van der Waals surface area contributed by atoms with Gasteiger partial charge in [0.05, 0.1) is 7.11 Å². The summed E-state index contributed by atoms with van der Waals surface area (Å²) in [5.41, 5.74) is 1.12. The highest BCUT2D eigenvalue weighted by Crippen LogP contribution is 2.29. The number of thioether (sulfide) groups is 1. The number of carbonyl (C=O) groups excluding carboxylic acids is 2. The summed E-state index contributed by atoms with van der Waals surface area (Å²) in [4.78, 5) is 24.7. The van der Waals surface area contributed by atoms with Gasteiger partial charge in [0.2, 0.25) is 5.91 Å². The normalized spacial score (nSPS) is 19.0. The van der Waals surface area contributed by atoms with Gasteiger partial charge in [-0.1, -0.05) is 23.8 Å². The predicted octanol–water partition coefficient (Wildman–Crippen LogP) is 2.47. The van der Waals surface area contributed by atoms with Crippen molar-refractivity contribution in [3.8, 4) is 11.4 Å². The first-order valence-electron chi connectivity index (χ1n) is 8.64. The molecule has 1 aromatic heterocycles. The number of aromatic nitrogens is 3. The number of methoxy groups -OCH3 is 1. The standard InChI is InChI=1S/C18H22N4O3S2/c1-12-4-3-5-13(10-12)15-20-21-17(26)22(15)8-6-14(23)19-18(16(24)25-2)7-9-27-11-18/h3-5,10H,6-9,11H2,1-2H3,(H,19,23)(H,21,26)/t18-/m0/s1. The first-order valence-corrected chi connectivity index (χ1v) is 10.2. The fraction of sp³-hybridized carbons (Fsp3) is 0.444. The highest BCUT2D eigenvalue weighted by Gasteiger charge is 2.44. The van der Waals surface area contributed by atoms with Crippen LogP contribution in [0, 0.1) is 11.7 Å². The number of hydrogen-bond donors (Lipinski definition) is 2. The maximum absolute atomic E-state index is 12.5. The number of ether oxygens (including phenoxy) is 1. The molecule has 0 saturated carbocycles. The third-order valence-electron chi connectivity index (χ3n) is 4.57. The van der Waals surface area contributed by atoms with E-state index in [9.17, 15) is 9.59 Å². The Balaban J connectivity index is 1.72. The molecule has 1 atom stereocenters. The Kier molecular flexibility index (Phi) is 6.01. The second kappa shape index (κ2) is 8.26. The second-order valence-corrected chi connectivity index (χ2v) is 8.04. The van der Waals surface area contributed by atoms with E-state index in [-0.39, 0.29) is 18.3 Å². The number of rotatable bonds is 6. The molecule has 3 rings (SSSR count). The maximum Gasteiger partial charge on any atom is 0.332 e. The largest absolute Gasteiger partial charge is 0.467 e. The van der Waals surface area contributed by atoms with Crippen LogP contribution in [0.1, 0.15) is 18.4 Å². The van der Waals surface area contributed by atoms with Crippen LogP contribution in [0.5, 0.6) is 0 Å². The molecule has 1 fully saturated rings. The summed E-state index contributed by atoms with van der Waals surface area (Å²) in [6.45, 7) is 2.38. The SMILES string of the molecule is COC(=O)[C@]1(NC(=O)CCn2c(-c3cccc(C)c3)n[nH]c2=S)CCSC1. The van der Waals surface area contributed by atoms with E-state index < -0.39 is 5.54 Å². The fourth-order valence-corrected chi connectivity index (χ4v) is 4.69. The molecule has 1 aliphatic rings. The zero-order valence-electron chi connectivity index (χ0n) is 15.3. The molecule has 0 unspecified atom stereocenters. The number of aromatic amines is 1. The maximum atomic E-state index is 12.5. The number of esters is 1. The Bertz CT molecular complexity index is 900. The average molecular weight is 407 g/mol. The fourth-order valence-electron chi connectivity index (χ4n) is 3.14. The minimum Gasteiger partial charge on any atom is -0.467 e. The van der Waals surface area contributed by atoms with E-state index in [0.717, 1.165) is 16.9 Å². The number of aryl methyl sites for hydroxylation is 1. The van der Waals surface area contributed by atoms with Crippen molar-refractivity contribution >= 4 is 35.9 Å². The quantitative estimate of drug-likeness (QED) is 0.566. The molecule has 27 heavy (non-hydrogen) atoms. The van der Waals surface area contributed by atoms with Crippen molar-refractivity contribution in [3.05, 3.63) is 34.6 Å². The lowest BCUT2D eigenvalue weighted by molar-refractivity contribution is -0.149. The Hall–Kier alpha value is -2.13. The number of hydrogen-bond acceptors (Lipinski definition) is 6. The van der Waals surface area contributed by atoms with Crippen LogP contribution in [0.2, 0.25) is 0 Å². The molecule has 7 nitrogen and oxygen atoms in total. The molecule has 0 aliphatic carbocycles. The van der Waals surface area contributed by atoms with Crippen LogP contribution >= 0.6 is 24.0 Å². The molecule has 2 heterocycles. The average Bonchev–Trinajstić information content (AvgIpc) is 3.27. The molecule has 0 bridgehead atoms. The topological polar surface area (TPSA) is 89.0 Å². The van der Waals surface area contributed by atoms with Crippen molar-refractivity contribution in [3.63, 3.8) is 0 Å². The molecular formula is C18H22N4O3S2. The minimum atomic E-state index is -0.923. The van der Waals surface area contributed by atoms with Crippen LogP contribution in [0.3, 0.4) is 0 Å². The molecule has 1 aromatic carbocycles. The molecule has 1 amide bonds. The molecule has 2 aromatic rings. The monoisotopic (exact) mass is 406 g/mol. The van der Waals surface area contributed by atoms with Gasteiger partial charge in [0.1, 0.15) is 5.54 Å². The number of carbonyl (C=O) groups is 2. The van der Waals surface area contributed by atoms with Crippen LogP contribution in [0.25, 0.3) is 11.4 Å². The summed E-state index contributed by atoms with van der Waals surface area (Å²) in [5.74, 6) is 1.45. The van der Waals surface area contributed by atoms with Gasteiger partial charge in [0, 0.05) is 24.3 Å². The van der Waals surface area contributed by atoms with E-state index in [1.54, 1.807) is 16.3 Å². The number of nitrogens with zero attached hydrogens (tertiary/aromatic N) is 2. The lowest BCUT2D eigenvalue weighted by Crippen LogP contribution is -2.55. The number of nitrogens with one attached hydrogen (secondary N) is 2. The summed E-state index contributed by atoms with van der Waals surface area (Å²) in [6.07, 6.45) is 0.770. The summed E-state index contributed by atoms with van der Waals surface area (Å²) >= 11 is 6.95. The van der Waals surface area contributed by atoms with Gasteiger partial charge < -0.3 is 10.1 Å². The minimum absolute atomic E-state index is 0.191. The van der Waals surface area contributed by atoms with Crippen molar-refractivity contribution in [2.45, 2.75) is 31.8 Å². The first-order chi connectivity index (χ1) is 12.9. The van der Waals surface area contributed by atoms with Crippen LogP contribution in [0.15, 0.2) is 24.3 Å².